The monoisotopic (exact) mass is 534 g/mol. The van der Waals surface area contributed by atoms with E-state index in [0.717, 1.165) is 16.6 Å². The van der Waals surface area contributed by atoms with Gasteiger partial charge in [0.25, 0.3) is 0 Å². The van der Waals surface area contributed by atoms with Gasteiger partial charge in [-0.2, -0.15) is 0 Å². The zero-order valence-electron chi connectivity index (χ0n) is 19.0. The Morgan fingerprint density at radius 1 is 0.971 bits per heavy atom. The Bertz CT molecular complexity index is 1270. The molecule has 35 heavy (non-hydrogen) atoms. The summed E-state index contributed by atoms with van der Waals surface area (Å²) < 4.78 is 6.51. The maximum Gasteiger partial charge on any atom is 0.316 e. The number of aryl methyl sites for hydroxylation is 1. The molecular formula is C27H23BrN2O5. The number of carbonyl (C=O) groups excluding carboxylic acids is 4. The van der Waals surface area contributed by atoms with Crippen molar-refractivity contribution in [2.75, 3.05) is 16.3 Å². The van der Waals surface area contributed by atoms with E-state index in [-0.39, 0.29) is 54.4 Å². The fraction of sp³-hybridized carbons (Fsp3) is 0.333. The Morgan fingerprint density at radius 3 is 2.26 bits per heavy atom. The standard InChI is InChI=1S/C27H23BrN2O5/c1-14-10-20(35-27(34)17-12-22(31)29(13-17)19-6-4-18(28)5-7-19)8-9-21(14)30-25(32)23-15-2-3-16(11-15)24(23)26(30)33/h2-10,15-17,23-24H,11-13H2,1H3/t15-,16-,17+,23-,24+/m0/s1. The Kier molecular flexibility index (Phi) is 5.18. The van der Waals surface area contributed by atoms with Crippen LogP contribution in [0.15, 0.2) is 59.1 Å². The molecule has 3 fully saturated rings. The number of anilines is 2. The lowest BCUT2D eigenvalue weighted by molar-refractivity contribution is -0.139. The number of esters is 1. The normalized spacial score (nSPS) is 28.9. The predicted molar refractivity (Wildman–Crippen MR) is 132 cm³/mol. The highest BCUT2D eigenvalue weighted by Crippen LogP contribution is 2.53. The smallest absolute Gasteiger partial charge is 0.316 e. The number of ether oxygens (including phenoxy) is 1. The Hall–Kier alpha value is -3.26. The molecular weight excluding hydrogens is 512 g/mol. The Balaban J connectivity index is 1.15. The quantitative estimate of drug-likeness (QED) is 0.256. The van der Waals surface area contributed by atoms with Crippen LogP contribution < -0.4 is 14.5 Å². The van der Waals surface area contributed by atoms with Crippen LogP contribution in [0.4, 0.5) is 11.4 Å². The number of benzene rings is 2. The van der Waals surface area contributed by atoms with Crippen LogP contribution in [0.2, 0.25) is 0 Å². The molecule has 4 aliphatic rings. The van der Waals surface area contributed by atoms with Crippen molar-refractivity contribution >= 4 is 51.0 Å². The maximum atomic E-state index is 13.1. The molecule has 178 valence electrons. The lowest BCUT2D eigenvalue weighted by atomic mass is 9.85. The maximum absolute atomic E-state index is 13.1. The number of hydrogen-bond donors (Lipinski definition) is 0. The van der Waals surface area contributed by atoms with E-state index < -0.39 is 11.9 Å². The molecule has 2 saturated heterocycles. The second-order valence-electron chi connectivity index (χ2n) is 9.76. The lowest BCUT2D eigenvalue weighted by Crippen LogP contribution is -2.33. The SMILES string of the molecule is Cc1cc(OC(=O)[C@@H]2CC(=O)N(c3ccc(Br)cc3)C2)ccc1N1C(=O)[C@@H]2[C@H](C1=O)[C@H]1C=C[C@H]2C1. The van der Waals surface area contributed by atoms with E-state index in [1.165, 1.54) is 4.90 Å². The number of imide groups is 1. The average molecular weight is 535 g/mol. The molecule has 0 unspecified atom stereocenters. The van der Waals surface area contributed by atoms with E-state index in [1.807, 2.05) is 24.3 Å². The van der Waals surface area contributed by atoms with Crippen molar-refractivity contribution in [2.45, 2.75) is 19.8 Å². The zero-order chi connectivity index (χ0) is 24.4. The second-order valence-corrected chi connectivity index (χ2v) is 10.7. The number of fused-ring (bicyclic) bond motifs is 5. The molecule has 0 spiro atoms. The third-order valence-electron chi connectivity index (χ3n) is 7.69. The van der Waals surface area contributed by atoms with Crippen molar-refractivity contribution in [1.82, 2.24) is 0 Å². The van der Waals surface area contributed by atoms with Gasteiger partial charge in [-0.25, -0.2) is 4.90 Å². The van der Waals surface area contributed by atoms with Gasteiger partial charge < -0.3 is 9.64 Å². The highest BCUT2D eigenvalue weighted by Gasteiger charge is 2.59. The summed E-state index contributed by atoms with van der Waals surface area (Å²) in [6.07, 6.45) is 5.11. The molecule has 1 saturated carbocycles. The van der Waals surface area contributed by atoms with Gasteiger partial charge in [0, 0.05) is 23.1 Å². The first-order chi connectivity index (χ1) is 16.8. The first-order valence-corrected chi connectivity index (χ1v) is 12.6. The van der Waals surface area contributed by atoms with Crippen LogP contribution in [0.5, 0.6) is 5.75 Å². The molecule has 5 atom stereocenters. The van der Waals surface area contributed by atoms with Crippen LogP contribution in [0.1, 0.15) is 18.4 Å². The minimum atomic E-state index is -0.574. The molecule has 3 amide bonds. The van der Waals surface area contributed by atoms with E-state index in [4.69, 9.17) is 4.74 Å². The van der Waals surface area contributed by atoms with Gasteiger partial charge in [-0.15, -0.1) is 0 Å². The highest BCUT2D eigenvalue weighted by molar-refractivity contribution is 9.10. The molecule has 2 aromatic rings. The van der Waals surface area contributed by atoms with Gasteiger partial charge in [0.1, 0.15) is 5.75 Å². The van der Waals surface area contributed by atoms with Gasteiger partial charge in [0.2, 0.25) is 17.7 Å². The minimum absolute atomic E-state index is 0.0852. The number of halogens is 1. The van der Waals surface area contributed by atoms with Crippen LogP contribution in [0, 0.1) is 36.5 Å². The van der Waals surface area contributed by atoms with E-state index >= 15 is 0 Å². The van der Waals surface area contributed by atoms with Crippen molar-refractivity contribution in [1.29, 1.82) is 0 Å². The van der Waals surface area contributed by atoms with Gasteiger partial charge in [-0.05, 0) is 73.2 Å². The van der Waals surface area contributed by atoms with E-state index in [1.54, 1.807) is 30.0 Å². The topological polar surface area (TPSA) is 84.0 Å². The third kappa shape index (κ3) is 3.54. The molecule has 2 aliphatic carbocycles. The number of amides is 3. The number of hydrogen-bond acceptors (Lipinski definition) is 5. The molecule has 8 heteroatoms. The van der Waals surface area contributed by atoms with Crippen molar-refractivity contribution in [3.05, 3.63) is 64.7 Å². The van der Waals surface area contributed by atoms with Crippen LogP contribution >= 0.6 is 15.9 Å². The highest BCUT2D eigenvalue weighted by atomic mass is 79.9. The van der Waals surface area contributed by atoms with Gasteiger partial charge >= 0.3 is 5.97 Å². The third-order valence-corrected chi connectivity index (χ3v) is 8.22. The molecule has 0 aromatic heterocycles. The number of nitrogens with zero attached hydrogens (tertiary/aromatic N) is 2. The molecule has 2 aliphatic heterocycles. The van der Waals surface area contributed by atoms with Crippen molar-refractivity contribution < 1.29 is 23.9 Å². The summed E-state index contributed by atoms with van der Waals surface area (Å²) in [7, 11) is 0. The van der Waals surface area contributed by atoms with E-state index in [0.29, 0.717) is 17.0 Å². The fourth-order valence-corrected chi connectivity index (χ4v) is 6.28. The van der Waals surface area contributed by atoms with Crippen molar-refractivity contribution in [2.24, 2.45) is 29.6 Å². The molecule has 0 radical (unpaired) electrons. The van der Waals surface area contributed by atoms with E-state index in [2.05, 4.69) is 28.1 Å². The molecule has 7 nitrogen and oxygen atoms in total. The average Bonchev–Trinajstić information content (AvgIpc) is 3.59. The summed E-state index contributed by atoms with van der Waals surface area (Å²) in [6, 6.07) is 12.3. The lowest BCUT2D eigenvalue weighted by Gasteiger charge is -2.20. The van der Waals surface area contributed by atoms with Crippen molar-refractivity contribution in [3.63, 3.8) is 0 Å². The number of rotatable bonds is 4. The largest absolute Gasteiger partial charge is 0.426 e. The summed E-state index contributed by atoms with van der Waals surface area (Å²) in [5, 5.41) is 0. The van der Waals surface area contributed by atoms with Gasteiger partial charge in [-0.3, -0.25) is 19.2 Å². The predicted octanol–water partition coefficient (Wildman–Crippen LogP) is 4.03. The minimum Gasteiger partial charge on any atom is -0.426 e. The van der Waals surface area contributed by atoms with E-state index in [9.17, 15) is 19.2 Å². The number of allylic oxidation sites excluding steroid dienone is 2. The molecule has 0 N–H and O–H groups in total. The zero-order valence-corrected chi connectivity index (χ0v) is 20.6. The summed E-state index contributed by atoms with van der Waals surface area (Å²) >= 11 is 3.38. The first kappa shape index (κ1) is 22.2. The molecule has 2 bridgehead atoms. The van der Waals surface area contributed by atoms with Gasteiger partial charge in [-0.1, -0.05) is 28.1 Å². The molecule has 2 aromatic carbocycles. The second kappa shape index (κ2) is 8.16. The fourth-order valence-electron chi connectivity index (χ4n) is 6.02. The molecule has 6 rings (SSSR count). The van der Waals surface area contributed by atoms with Crippen LogP contribution in [-0.4, -0.2) is 30.2 Å². The van der Waals surface area contributed by atoms with Gasteiger partial charge in [0.15, 0.2) is 0 Å². The van der Waals surface area contributed by atoms with Crippen LogP contribution in [0.3, 0.4) is 0 Å². The number of carbonyl (C=O) groups is 4. The van der Waals surface area contributed by atoms with Crippen LogP contribution in [-0.2, 0) is 19.2 Å². The molecule has 2 heterocycles. The Labute approximate surface area is 210 Å². The summed E-state index contributed by atoms with van der Waals surface area (Å²) in [5.41, 5.74) is 1.95. The summed E-state index contributed by atoms with van der Waals surface area (Å²) in [4.78, 5) is 54.5. The summed E-state index contributed by atoms with van der Waals surface area (Å²) in [5.74, 6) is -1.34. The summed E-state index contributed by atoms with van der Waals surface area (Å²) in [6.45, 7) is 2.05. The van der Waals surface area contributed by atoms with Gasteiger partial charge in [0.05, 0.1) is 23.4 Å². The van der Waals surface area contributed by atoms with Crippen LogP contribution in [0.25, 0.3) is 0 Å². The Morgan fingerprint density at radius 2 is 1.63 bits per heavy atom. The first-order valence-electron chi connectivity index (χ1n) is 11.8. The van der Waals surface area contributed by atoms with Crippen molar-refractivity contribution in [3.8, 4) is 5.75 Å².